The SMILES string of the molecule is COc1ncc(-c2ccc(-c3cnc4c(c3)CN(C)C4=O)s2)cc1[N-]S(=O)(=O)c1ccccc1[N+](=O)[O-].[Na+]. The van der Waals surface area contributed by atoms with Crippen molar-refractivity contribution in [3.05, 3.63) is 87.0 Å². The van der Waals surface area contributed by atoms with Crippen molar-refractivity contribution in [3.8, 4) is 26.8 Å². The van der Waals surface area contributed by atoms with Crippen LogP contribution in [0, 0.1) is 10.1 Å². The first-order valence-electron chi connectivity index (χ1n) is 10.8. The van der Waals surface area contributed by atoms with Crippen LogP contribution < -0.4 is 34.3 Å². The number of pyridine rings is 2. The number of rotatable bonds is 7. The van der Waals surface area contributed by atoms with Crippen molar-refractivity contribution in [1.29, 1.82) is 0 Å². The van der Waals surface area contributed by atoms with Gasteiger partial charge in [-0.15, -0.1) is 11.3 Å². The van der Waals surface area contributed by atoms with Gasteiger partial charge in [0.05, 0.1) is 12.0 Å². The van der Waals surface area contributed by atoms with Gasteiger partial charge >= 0.3 is 29.6 Å². The molecule has 0 fully saturated rings. The Balaban J connectivity index is 0.00000336. The van der Waals surface area contributed by atoms with E-state index >= 15 is 0 Å². The number of nitro groups is 1. The van der Waals surface area contributed by atoms with Crippen LogP contribution in [-0.4, -0.2) is 48.3 Å². The number of nitrogens with zero attached hydrogens (tertiary/aromatic N) is 5. The molecule has 0 saturated carbocycles. The van der Waals surface area contributed by atoms with E-state index in [-0.39, 0.29) is 47.0 Å². The molecule has 0 atom stereocenters. The average Bonchev–Trinajstić information content (AvgIpc) is 3.48. The van der Waals surface area contributed by atoms with Gasteiger partial charge in [0.2, 0.25) is 0 Å². The molecule has 11 nitrogen and oxygen atoms in total. The van der Waals surface area contributed by atoms with E-state index in [0.29, 0.717) is 17.8 Å². The van der Waals surface area contributed by atoms with E-state index in [1.165, 1.54) is 42.8 Å². The van der Waals surface area contributed by atoms with Crippen LogP contribution in [0.5, 0.6) is 5.88 Å². The molecule has 0 radical (unpaired) electrons. The Hall–Kier alpha value is -3.36. The molecular formula is C24H18N5NaO6S2. The van der Waals surface area contributed by atoms with E-state index in [9.17, 15) is 23.3 Å². The first-order chi connectivity index (χ1) is 17.7. The predicted molar refractivity (Wildman–Crippen MR) is 136 cm³/mol. The molecule has 0 aliphatic carbocycles. The van der Waals surface area contributed by atoms with Gasteiger partial charge in [0.25, 0.3) is 11.6 Å². The maximum Gasteiger partial charge on any atom is 1.00 e. The largest absolute Gasteiger partial charge is 1.00 e. The average molecular weight is 560 g/mol. The summed E-state index contributed by atoms with van der Waals surface area (Å²) in [5.41, 5.74) is 2.07. The zero-order valence-electron chi connectivity index (χ0n) is 20.5. The molecule has 1 aliphatic rings. The number of thiophene rings is 1. The Bertz CT molecular complexity index is 1670. The number of ether oxygens (including phenoxy) is 1. The minimum absolute atomic E-state index is 0. The van der Waals surface area contributed by atoms with Crippen molar-refractivity contribution >= 4 is 38.6 Å². The van der Waals surface area contributed by atoms with E-state index in [0.717, 1.165) is 33.0 Å². The molecule has 0 N–H and O–H groups in total. The van der Waals surface area contributed by atoms with E-state index in [1.807, 2.05) is 18.2 Å². The number of methoxy groups -OCH3 is 1. The number of hydrogen-bond acceptors (Lipinski definition) is 9. The van der Waals surface area contributed by atoms with Gasteiger partial charge in [-0.3, -0.25) is 19.9 Å². The first kappa shape index (κ1) is 27.7. The van der Waals surface area contributed by atoms with Gasteiger partial charge in [-0.2, -0.15) is 0 Å². The van der Waals surface area contributed by atoms with Gasteiger partial charge in [0.1, 0.15) is 20.6 Å². The third kappa shape index (κ3) is 5.15. The summed E-state index contributed by atoms with van der Waals surface area (Å²) >= 11 is 1.43. The standard InChI is InChI=1S/C24H18N5O6S2.Na/c1-28-13-16-9-14(11-25-22(16)24(28)30)19-7-8-20(36-19)15-10-17(23(35-2)26-12-15)27-37(33,34)21-6-4-3-5-18(21)29(31)32;/h3-12H,13H2,1-2H3;/q-1;+1. The van der Waals surface area contributed by atoms with E-state index in [2.05, 4.69) is 14.7 Å². The number of aromatic nitrogens is 2. The van der Waals surface area contributed by atoms with Gasteiger partial charge in [-0.05, 0) is 24.3 Å². The third-order valence-corrected chi connectivity index (χ3v) is 8.20. The molecule has 0 saturated heterocycles. The molecule has 0 spiro atoms. The van der Waals surface area contributed by atoms with Crippen LogP contribution in [0.2, 0.25) is 0 Å². The Morgan fingerprint density at radius 2 is 1.74 bits per heavy atom. The van der Waals surface area contributed by atoms with Crippen LogP contribution in [0.4, 0.5) is 11.4 Å². The van der Waals surface area contributed by atoms with Crippen LogP contribution in [0.15, 0.2) is 65.8 Å². The first-order valence-corrected chi connectivity index (χ1v) is 13.0. The second kappa shape index (κ2) is 10.8. The number of hydrogen-bond donors (Lipinski definition) is 0. The number of para-hydroxylation sites is 1. The summed E-state index contributed by atoms with van der Waals surface area (Å²) in [5.74, 6) is -0.149. The Labute approximate surface area is 244 Å². The molecule has 1 amide bonds. The van der Waals surface area contributed by atoms with Gasteiger partial charge < -0.3 is 14.4 Å². The van der Waals surface area contributed by atoms with Crippen molar-refractivity contribution in [2.45, 2.75) is 11.4 Å². The fraction of sp³-hybridized carbons (Fsp3) is 0.125. The molecule has 1 aliphatic heterocycles. The summed E-state index contributed by atoms with van der Waals surface area (Å²) < 4.78 is 35.0. The molecule has 38 heavy (non-hydrogen) atoms. The van der Waals surface area contributed by atoms with E-state index < -0.39 is 25.5 Å². The van der Waals surface area contributed by atoms with E-state index in [4.69, 9.17) is 4.74 Å². The maximum atomic E-state index is 13.0. The second-order valence-electron chi connectivity index (χ2n) is 8.10. The monoisotopic (exact) mass is 559 g/mol. The molecule has 4 heterocycles. The van der Waals surface area contributed by atoms with Crippen LogP contribution in [0.3, 0.4) is 0 Å². The summed E-state index contributed by atoms with van der Waals surface area (Å²) in [5, 5.41) is 11.3. The fourth-order valence-electron chi connectivity index (χ4n) is 3.92. The number of fused-ring (bicyclic) bond motifs is 1. The van der Waals surface area contributed by atoms with Gasteiger partial charge in [-0.1, -0.05) is 23.9 Å². The van der Waals surface area contributed by atoms with Crippen LogP contribution in [-0.2, 0) is 16.6 Å². The number of carbonyl (C=O) groups excluding carboxylic acids is 1. The number of amides is 1. The van der Waals surface area contributed by atoms with Crippen molar-refractivity contribution < 1.29 is 52.4 Å². The van der Waals surface area contributed by atoms with Crippen molar-refractivity contribution in [2.24, 2.45) is 0 Å². The number of benzene rings is 1. The van der Waals surface area contributed by atoms with Gasteiger partial charge in [0.15, 0.2) is 5.88 Å². The molecular weight excluding hydrogens is 541 g/mol. The Kier molecular flexibility index (Phi) is 7.85. The Morgan fingerprint density at radius 1 is 1.08 bits per heavy atom. The van der Waals surface area contributed by atoms with Crippen molar-refractivity contribution in [3.63, 3.8) is 0 Å². The molecule has 3 aromatic heterocycles. The summed E-state index contributed by atoms with van der Waals surface area (Å²) in [4.78, 5) is 34.0. The molecule has 5 rings (SSSR count). The smallest absolute Gasteiger partial charge is 0.568 e. The zero-order valence-corrected chi connectivity index (χ0v) is 24.1. The zero-order chi connectivity index (χ0) is 26.3. The third-order valence-electron chi connectivity index (χ3n) is 5.68. The van der Waals surface area contributed by atoms with Gasteiger partial charge in [-0.25, -0.2) is 13.4 Å². The molecule has 4 aromatic rings. The molecule has 14 heteroatoms. The number of nitro benzene ring substituents is 1. The van der Waals surface area contributed by atoms with Crippen LogP contribution in [0.25, 0.3) is 25.6 Å². The fourth-order valence-corrected chi connectivity index (χ4v) is 6.03. The summed E-state index contributed by atoms with van der Waals surface area (Å²) in [7, 11) is -1.40. The van der Waals surface area contributed by atoms with Gasteiger partial charge in [0, 0.05) is 58.5 Å². The second-order valence-corrected chi connectivity index (χ2v) is 10.8. The summed E-state index contributed by atoms with van der Waals surface area (Å²) in [6.07, 6.45) is 3.18. The van der Waals surface area contributed by atoms with Crippen molar-refractivity contribution in [1.82, 2.24) is 14.9 Å². The summed E-state index contributed by atoms with van der Waals surface area (Å²) in [6.45, 7) is 0.495. The quantitative estimate of drug-likeness (QED) is 0.189. The topological polar surface area (TPSA) is 147 Å². The molecule has 0 bridgehead atoms. The number of carbonyl (C=O) groups is 1. The van der Waals surface area contributed by atoms with Crippen LogP contribution >= 0.6 is 11.3 Å². The predicted octanol–water partition coefficient (Wildman–Crippen LogP) is 1.77. The minimum Gasteiger partial charge on any atom is -0.568 e. The summed E-state index contributed by atoms with van der Waals surface area (Å²) in [6, 6.07) is 12.2. The molecule has 1 aromatic carbocycles. The maximum absolute atomic E-state index is 13.0. The van der Waals surface area contributed by atoms with Crippen LogP contribution in [0.1, 0.15) is 16.1 Å². The Morgan fingerprint density at radius 3 is 2.42 bits per heavy atom. The molecule has 188 valence electrons. The normalized spacial score (nSPS) is 12.6. The number of sulfonamides is 1. The molecule has 0 unspecified atom stereocenters. The van der Waals surface area contributed by atoms with Crippen molar-refractivity contribution in [2.75, 3.05) is 14.2 Å². The van der Waals surface area contributed by atoms with E-state index in [1.54, 1.807) is 18.1 Å². The minimum atomic E-state index is -4.45.